The van der Waals surface area contributed by atoms with Crippen LogP contribution >= 0.6 is 0 Å². The third-order valence-electron chi connectivity index (χ3n) is 13.5. The van der Waals surface area contributed by atoms with Gasteiger partial charge in [-0.2, -0.15) is 0 Å². The molecule has 2 aliphatic rings. The first-order chi connectivity index (χ1) is 32.1. The van der Waals surface area contributed by atoms with Crippen LogP contribution in [0, 0.1) is 0 Å². The molecule has 2 aliphatic heterocycles. The van der Waals surface area contributed by atoms with Gasteiger partial charge in [-0.25, -0.2) is 0 Å². The summed E-state index contributed by atoms with van der Waals surface area (Å²) in [5.41, 5.74) is 0. The van der Waals surface area contributed by atoms with Crippen LogP contribution in [0.5, 0.6) is 0 Å². The Morgan fingerprint density at radius 3 is 1.39 bits per heavy atom. The Morgan fingerprint density at radius 1 is 0.530 bits per heavy atom. The average molecular weight is 946 g/mol. The molecule has 0 spiro atoms. The Labute approximate surface area is 399 Å². The van der Waals surface area contributed by atoms with Crippen LogP contribution in [0.15, 0.2) is 12.2 Å². The highest BCUT2D eigenvalue weighted by Crippen LogP contribution is 2.30. The summed E-state index contributed by atoms with van der Waals surface area (Å²) in [5, 5.41) is 86.8. The third-order valence-corrected chi connectivity index (χ3v) is 13.5. The second-order valence-electron chi connectivity index (χ2n) is 19.4. The van der Waals surface area contributed by atoms with Crippen molar-refractivity contribution in [2.45, 2.75) is 293 Å². The van der Waals surface area contributed by atoms with Crippen LogP contribution in [0.4, 0.5) is 0 Å². The SMILES string of the molecule is CCCCCCCCCCCCCCCCCCCC/C=C/C(O)C(COC1OC(CO)C(OC2OC(CO)C(O)C(O)C2O)C(O)C1O)NC(=O)CCCCCCCCCCCCCC. The van der Waals surface area contributed by atoms with Crippen LogP contribution in [0.25, 0.3) is 0 Å². The fourth-order valence-electron chi connectivity index (χ4n) is 9.06. The summed E-state index contributed by atoms with van der Waals surface area (Å²) in [7, 11) is 0. The number of ether oxygens (including phenoxy) is 4. The molecule has 0 aliphatic carbocycles. The van der Waals surface area contributed by atoms with Gasteiger partial charge >= 0.3 is 0 Å². The molecule has 390 valence electrons. The normalized spacial score (nSPS) is 26.8. The highest BCUT2D eigenvalue weighted by Gasteiger charge is 2.51. The lowest BCUT2D eigenvalue weighted by Gasteiger charge is -2.46. The van der Waals surface area contributed by atoms with E-state index in [9.17, 15) is 45.6 Å². The predicted molar refractivity (Wildman–Crippen MR) is 259 cm³/mol. The number of aliphatic hydroxyl groups is 8. The molecule has 9 N–H and O–H groups in total. The van der Waals surface area contributed by atoms with Crippen LogP contribution in [0.1, 0.15) is 219 Å². The van der Waals surface area contributed by atoms with Crippen molar-refractivity contribution in [3.63, 3.8) is 0 Å². The van der Waals surface area contributed by atoms with Gasteiger partial charge in [-0.15, -0.1) is 0 Å². The number of hydrogen-bond donors (Lipinski definition) is 9. The van der Waals surface area contributed by atoms with Crippen molar-refractivity contribution >= 4 is 5.91 Å². The summed E-state index contributed by atoms with van der Waals surface area (Å²) in [6.07, 6.45) is 25.4. The van der Waals surface area contributed by atoms with Crippen LogP contribution in [-0.2, 0) is 23.7 Å². The Balaban J connectivity index is 1.81. The van der Waals surface area contributed by atoms with Gasteiger partial charge < -0.3 is 65.1 Å². The molecule has 14 heteroatoms. The highest BCUT2D eigenvalue weighted by molar-refractivity contribution is 5.76. The average Bonchev–Trinajstić information content (AvgIpc) is 3.31. The minimum atomic E-state index is -1.78. The zero-order valence-electron chi connectivity index (χ0n) is 41.5. The van der Waals surface area contributed by atoms with E-state index in [4.69, 9.17) is 18.9 Å². The summed E-state index contributed by atoms with van der Waals surface area (Å²) in [5.74, 6) is -0.238. The maximum Gasteiger partial charge on any atom is 0.220 e. The van der Waals surface area contributed by atoms with E-state index in [1.165, 1.54) is 154 Å². The number of rotatable bonds is 42. The summed E-state index contributed by atoms with van der Waals surface area (Å²) in [6, 6.07) is -0.907. The van der Waals surface area contributed by atoms with Gasteiger partial charge in [0.15, 0.2) is 12.6 Å². The molecule has 0 saturated carbocycles. The minimum absolute atomic E-state index is 0.238. The number of unbranched alkanes of at least 4 members (excludes halogenated alkanes) is 29. The fraction of sp³-hybridized carbons (Fsp3) is 0.942. The fourth-order valence-corrected chi connectivity index (χ4v) is 9.06. The van der Waals surface area contributed by atoms with Crippen molar-refractivity contribution in [3.05, 3.63) is 12.2 Å². The quantitative estimate of drug-likeness (QED) is 0.0213. The number of carbonyl (C=O) groups excluding carboxylic acids is 1. The zero-order chi connectivity index (χ0) is 48.2. The number of carbonyl (C=O) groups is 1. The van der Waals surface area contributed by atoms with E-state index in [1.54, 1.807) is 6.08 Å². The molecule has 12 unspecified atom stereocenters. The predicted octanol–water partition coefficient (Wildman–Crippen LogP) is 7.55. The molecule has 0 aromatic carbocycles. The molecule has 2 fully saturated rings. The van der Waals surface area contributed by atoms with E-state index >= 15 is 0 Å². The van der Waals surface area contributed by atoms with Crippen LogP contribution in [0.2, 0.25) is 0 Å². The molecule has 14 nitrogen and oxygen atoms in total. The molecule has 0 bridgehead atoms. The van der Waals surface area contributed by atoms with Gasteiger partial charge in [0.1, 0.15) is 48.8 Å². The summed E-state index contributed by atoms with van der Waals surface area (Å²) >= 11 is 0. The van der Waals surface area contributed by atoms with Crippen molar-refractivity contribution in [3.8, 4) is 0 Å². The van der Waals surface area contributed by atoms with Crippen molar-refractivity contribution < 1.29 is 64.6 Å². The lowest BCUT2D eigenvalue weighted by Crippen LogP contribution is -2.65. The Morgan fingerprint density at radius 2 is 0.939 bits per heavy atom. The summed E-state index contributed by atoms with van der Waals surface area (Å²) < 4.78 is 22.7. The Hall–Kier alpha value is -1.27. The molecule has 1 amide bonds. The van der Waals surface area contributed by atoms with Crippen molar-refractivity contribution in [1.29, 1.82) is 0 Å². The van der Waals surface area contributed by atoms with E-state index < -0.39 is 86.8 Å². The van der Waals surface area contributed by atoms with Gasteiger partial charge in [0, 0.05) is 6.42 Å². The molecule has 66 heavy (non-hydrogen) atoms. The van der Waals surface area contributed by atoms with Crippen molar-refractivity contribution in [2.75, 3.05) is 19.8 Å². The first kappa shape index (κ1) is 60.9. The number of allylic oxidation sites excluding steroid dienone is 1. The number of aliphatic hydroxyl groups excluding tert-OH is 8. The first-order valence-corrected chi connectivity index (χ1v) is 26.9. The highest BCUT2D eigenvalue weighted by atomic mass is 16.7. The maximum atomic E-state index is 13.2. The van der Waals surface area contributed by atoms with Crippen molar-refractivity contribution in [2.24, 2.45) is 0 Å². The zero-order valence-corrected chi connectivity index (χ0v) is 41.5. The molecular weight excluding hydrogens is 847 g/mol. The molecule has 2 heterocycles. The second-order valence-corrected chi connectivity index (χ2v) is 19.4. The maximum absolute atomic E-state index is 13.2. The minimum Gasteiger partial charge on any atom is -0.394 e. The third kappa shape index (κ3) is 26.1. The lowest BCUT2D eigenvalue weighted by molar-refractivity contribution is -0.359. The Bertz CT molecular complexity index is 1160. The van der Waals surface area contributed by atoms with E-state index in [-0.39, 0.29) is 18.9 Å². The van der Waals surface area contributed by atoms with Gasteiger partial charge in [0.25, 0.3) is 0 Å². The van der Waals surface area contributed by atoms with Crippen molar-refractivity contribution in [1.82, 2.24) is 5.32 Å². The summed E-state index contributed by atoms with van der Waals surface area (Å²) in [4.78, 5) is 13.2. The molecule has 12 atom stereocenters. The largest absolute Gasteiger partial charge is 0.394 e. The van der Waals surface area contributed by atoms with E-state index in [0.717, 1.165) is 38.5 Å². The monoisotopic (exact) mass is 946 g/mol. The van der Waals surface area contributed by atoms with E-state index in [0.29, 0.717) is 6.42 Å². The molecule has 0 aromatic rings. The molecule has 2 rings (SSSR count). The van der Waals surface area contributed by atoms with Crippen LogP contribution in [-0.4, -0.2) is 140 Å². The van der Waals surface area contributed by atoms with E-state index in [1.807, 2.05) is 6.08 Å². The number of amides is 1. The van der Waals surface area contributed by atoms with Crippen LogP contribution in [0.3, 0.4) is 0 Å². The van der Waals surface area contributed by atoms with E-state index in [2.05, 4.69) is 19.2 Å². The Kier molecular flexibility index (Phi) is 36.4. The van der Waals surface area contributed by atoms with Gasteiger partial charge in [0.2, 0.25) is 5.91 Å². The smallest absolute Gasteiger partial charge is 0.220 e. The molecular formula is C52H99NO13. The second kappa shape index (κ2) is 39.5. The summed E-state index contributed by atoms with van der Waals surface area (Å²) in [6.45, 7) is 2.80. The van der Waals surface area contributed by atoms with Gasteiger partial charge in [-0.3, -0.25) is 4.79 Å². The van der Waals surface area contributed by atoms with Gasteiger partial charge in [-0.05, 0) is 19.3 Å². The molecule has 2 saturated heterocycles. The van der Waals surface area contributed by atoms with Crippen LogP contribution < -0.4 is 5.32 Å². The first-order valence-electron chi connectivity index (χ1n) is 26.9. The topological polar surface area (TPSA) is 228 Å². The standard InChI is InChI=1S/C52H99NO13/c1-3-5-7-9-11-13-15-17-18-19-20-21-22-23-24-25-27-29-31-33-35-41(56)40(53-44(57)36-34-32-30-28-26-16-14-12-10-8-6-4-2)39-63-51-49(62)47(60)50(43(38-55)65-51)66-52-48(61)46(59)45(58)42(37-54)64-52/h33,35,40-43,45-52,54-56,58-62H,3-32,34,36-39H2,1-2H3,(H,53,57)/b35-33+. The molecule has 0 aromatic heterocycles. The van der Waals surface area contributed by atoms with Gasteiger partial charge in [-0.1, -0.05) is 206 Å². The lowest BCUT2D eigenvalue weighted by atomic mass is 9.97. The number of hydrogen-bond acceptors (Lipinski definition) is 13. The molecule has 0 radical (unpaired) electrons. The van der Waals surface area contributed by atoms with Gasteiger partial charge in [0.05, 0.1) is 32.0 Å². The number of nitrogens with one attached hydrogen (secondary N) is 1.